The van der Waals surface area contributed by atoms with Crippen LogP contribution in [0.4, 0.5) is 5.69 Å². The minimum absolute atomic E-state index is 0.0443. The summed E-state index contributed by atoms with van der Waals surface area (Å²) in [6.45, 7) is 5.16. The molecule has 1 saturated heterocycles. The van der Waals surface area contributed by atoms with Crippen LogP contribution in [0.15, 0.2) is 60.8 Å². The lowest BCUT2D eigenvalue weighted by molar-refractivity contribution is -0.138. The van der Waals surface area contributed by atoms with Gasteiger partial charge in [0.25, 0.3) is 5.91 Å². The molecule has 2 aromatic carbocycles. The molecule has 2 fully saturated rings. The highest BCUT2D eigenvalue weighted by molar-refractivity contribution is 6.00. The predicted octanol–water partition coefficient (Wildman–Crippen LogP) is 3.53. The molecule has 0 bridgehead atoms. The molecule has 12 heteroatoms. The molecule has 2 heterocycles. The Kier molecular flexibility index (Phi) is 12.4. The number of benzene rings is 2. The number of amides is 4. The van der Waals surface area contributed by atoms with Gasteiger partial charge >= 0.3 is 0 Å². The second-order valence-corrected chi connectivity index (χ2v) is 13.0. The van der Waals surface area contributed by atoms with Gasteiger partial charge in [0.05, 0.1) is 7.11 Å². The summed E-state index contributed by atoms with van der Waals surface area (Å²) in [7, 11) is 3.36. The summed E-state index contributed by atoms with van der Waals surface area (Å²) in [6, 6.07) is 15.6. The highest BCUT2D eigenvalue weighted by Gasteiger charge is 2.32. The first-order valence-corrected chi connectivity index (χ1v) is 17.4. The second-order valence-electron chi connectivity index (χ2n) is 13.0. The summed E-state index contributed by atoms with van der Waals surface area (Å²) in [4.78, 5) is 57.0. The van der Waals surface area contributed by atoms with Crippen LogP contribution in [0.3, 0.4) is 0 Å². The summed E-state index contributed by atoms with van der Waals surface area (Å²) >= 11 is 0. The zero-order valence-electron chi connectivity index (χ0n) is 28.8. The highest BCUT2D eigenvalue weighted by atomic mass is 16.5. The van der Waals surface area contributed by atoms with Crippen molar-refractivity contribution in [2.45, 2.75) is 70.5 Å². The van der Waals surface area contributed by atoms with Crippen LogP contribution in [-0.4, -0.2) is 88.6 Å². The largest absolute Gasteiger partial charge is 0.497 e. The lowest BCUT2D eigenvalue weighted by Crippen LogP contribution is -2.55. The second kappa shape index (κ2) is 17.1. The van der Waals surface area contributed by atoms with Crippen LogP contribution in [0, 0.1) is 5.92 Å². The number of anilines is 1. The number of aryl methyl sites for hydroxylation is 1. The third-order valence-corrected chi connectivity index (χ3v) is 9.58. The van der Waals surface area contributed by atoms with Gasteiger partial charge in [-0.1, -0.05) is 50.5 Å². The summed E-state index contributed by atoms with van der Waals surface area (Å²) in [5, 5.41) is 13.0. The van der Waals surface area contributed by atoms with E-state index in [4.69, 9.17) is 4.74 Å². The van der Waals surface area contributed by atoms with Gasteiger partial charge in [-0.2, -0.15) is 5.10 Å². The summed E-state index contributed by atoms with van der Waals surface area (Å²) in [5.74, 6) is 0.00153. The molecule has 2 atom stereocenters. The van der Waals surface area contributed by atoms with Crippen molar-refractivity contribution < 1.29 is 23.9 Å². The third-order valence-electron chi connectivity index (χ3n) is 9.58. The van der Waals surface area contributed by atoms with Crippen LogP contribution in [0.25, 0.3) is 0 Å². The fourth-order valence-corrected chi connectivity index (χ4v) is 6.73. The average Bonchev–Trinajstić information content (AvgIpc) is 3.57. The van der Waals surface area contributed by atoms with Crippen LogP contribution in [0.2, 0.25) is 0 Å². The lowest BCUT2D eigenvalue weighted by atomic mass is 9.83. The van der Waals surface area contributed by atoms with Crippen molar-refractivity contribution >= 4 is 29.3 Å². The van der Waals surface area contributed by atoms with Crippen LogP contribution >= 0.6 is 0 Å². The number of aromatic nitrogens is 2. The molecule has 4 amide bonds. The molecule has 1 aromatic heterocycles. The molecule has 262 valence electrons. The number of carbonyl (C=O) groups excluding carboxylic acids is 4. The van der Waals surface area contributed by atoms with Gasteiger partial charge in [0.15, 0.2) is 0 Å². The Hall–Kier alpha value is -4.71. The van der Waals surface area contributed by atoms with Crippen LogP contribution in [0.1, 0.15) is 67.1 Å². The van der Waals surface area contributed by atoms with E-state index in [9.17, 15) is 19.2 Å². The van der Waals surface area contributed by atoms with Gasteiger partial charge < -0.3 is 25.6 Å². The number of carbonyl (C=O) groups is 4. The Balaban J connectivity index is 1.19. The maximum absolute atomic E-state index is 13.7. The van der Waals surface area contributed by atoms with Gasteiger partial charge in [-0.15, -0.1) is 0 Å². The molecule has 49 heavy (non-hydrogen) atoms. The van der Waals surface area contributed by atoms with E-state index in [-0.39, 0.29) is 36.0 Å². The smallest absolute Gasteiger partial charge is 0.270 e. The molecule has 2 aliphatic rings. The molecule has 1 saturated carbocycles. The Bertz CT molecular complexity index is 1580. The van der Waals surface area contributed by atoms with Crippen molar-refractivity contribution in [3.63, 3.8) is 0 Å². The van der Waals surface area contributed by atoms with Crippen molar-refractivity contribution in [2.24, 2.45) is 13.0 Å². The molecule has 12 nitrogen and oxygen atoms in total. The summed E-state index contributed by atoms with van der Waals surface area (Å²) in [6.07, 6.45) is 7.10. The normalized spacial score (nSPS) is 16.8. The SMILES string of the molecule is CCC(=O)NC(Cc1ccc(NC(=O)[C@@H](NC(=O)c2ccnn2C)C2CCCCC2)cc1)C(=O)N1CCN(Cc2cccc(OC)c2)CC1. The van der Waals surface area contributed by atoms with E-state index in [1.54, 1.807) is 45.5 Å². The molecule has 1 aliphatic heterocycles. The van der Waals surface area contributed by atoms with Crippen molar-refractivity contribution in [3.8, 4) is 5.75 Å². The monoisotopic (exact) mass is 671 g/mol. The Labute approximate surface area is 288 Å². The molecule has 3 aromatic rings. The lowest BCUT2D eigenvalue weighted by Gasteiger charge is -2.36. The third kappa shape index (κ3) is 9.69. The molecule has 0 spiro atoms. The van der Waals surface area contributed by atoms with Crippen molar-refractivity contribution in [1.82, 2.24) is 30.2 Å². The molecule has 1 unspecified atom stereocenters. The van der Waals surface area contributed by atoms with E-state index in [0.29, 0.717) is 30.9 Å². The van der Waals surface area contributed by atoms with Gasteiger partial charge in [0, 0.05) is 64.5 Å². The Morgan fingerprint density at radius 3 is 2.31 bits per heavy atom. The molecule has 3 N–H and O–H groups in total. The Morgan fingerprint density at radius 2 is 1.65 bits per heavy atom. The van der Waals surface area contributed by atoms with Crippen LogP contribution in [0.5, 0.6) is 5.75 Å². The minimum atomic E-state index is -0.698. The fraction of sp³-hybridized carbons (Fsp3) is 0.486. The quantitative estimate of drug-likeness (QED) is 0.253. The summed E-state index contributed by atoms with van der Waals surface area (Å²) < 4.78 is 6.85. The number of methoxy groups -OCH3 is 1. The zero-order valence-corrected chi connectivity index (χ0v) is 28.8. The van der Waals surface area contributed by atoms with Crippen molar-refractivity contribution in [1.29, 1.82) is 0 Å². The van der Waals surface area contributed by atoms with Gasteiger partial charge in [0.2, 0.25) is 17.7 Å². The number of hydrogen-bond donors (Lipinski definition) is 3. The highest BCUT2D eigenvalue weighted by Crippen LogP contribution is 2.28. The van der Waals surface area contributed by atoms with E-state index < -0.39 is 12.1 Å². The van der Waals surface area contributed by atoms with Crippen LogP contribution in [-0.2, 0) is 34.4 Å². The number of hydrogen-bond acceptors (Lipinski definition) is 7. The van der Waals surface area contributed by atoms with E-state index in [0.717, 1.165) is 68.6 Å². The van der Waals surface area contributed by atoms with E-state index in [1.165, 1.54) is 4.68 Å². The topological polar surface area (TPSA) is 138 Å². The number of rotatable bonds is 13. The van der Waals surface area contributed by atoms with Gasteiger partial charge in [-0.3, -0.25) is 28.8 Å². The predicted molar refractivity (Wildman–Crippen MR) is 187 cm³/mol. The molecular weight excluding hydrogens is 622 g/mol. The van der Waals surface area contributed by atoms with Gasteiger partial charge in [-0.05, 0) is 60.2 Å². The first-order valence-electron chi connectivity index (χ1n) is 17.4. The number of nitrogens with one attached hydrogen (secondary N) is 3. The fourth-order valence-electron chi connectivity index (χ4n) is 6.73. The maximum atomic E-state index is 13.7. The molecule has 1 aliphatic carbocycles. The maximum Gasteiger partial charge on any atom is 0.270 e. The number of piperazine rings is 1. The molecular formula is C37H49N7O5. The van der Waals surface area contributed by atoms with Gasteiger partial charge in [-0.25, -0.2) is 0 Å². The number of ether oxygens (including phenoxy) is 1. The minimum Gasteiger partial charge on any atom is -0.497 e. The number of nitrogens with zero attached hydrogens (tertiary/aromatic N) is 4. The average molecular weight is 672 g/mol. The zero-order chi connectivity index (χ0) is 34.8. The molecule has 0 radical (unpaired) electrons. The first kappa shape index (κ1) is 35.6. The first-order chi connectivity index (χ1) is 23.7. The van der Waals surface area contributed by atoms with E-state index in [1.807, 2.05) is 35.2 Å². The Morgan fingerprint density at radius 1 is 0.918 bits per heavy atom. The standard InChI is InChI=1S/C37H49N7O5/c1-4-33(45)40-31(37(48)44-21-19-43(20-22-44)25-27-9-8-12-30(23-27)49-3)24-26-13-15-29(16-14-26)39-36(47)34(28-10-6-5-7-11-28)41-35(46)32-17-18-38-42(32)2/h8-9,12-18,23,28,31,34H,4-7,10-11,19-22,24-25H2,1-3H3,(H,39,47)(H,40,45)(H,41,46)/t31?,34-/m0/s1. The van der Waals surface area contributed by atoms with Crippen LogP contribution < -0.4 is 20.7 Å². The van der Waals surface area contributed by atoms with Crippen molar-refractivity contribution in [2.75, 3.05) is 38.6 Å². The molecule has 5 rings (SSSR count). The summed E-state index contributed by atoms with van der Waals surface area (Å²) in [5.41, 5.74) is 3.01. The van der Waals surface area contributed by atoms with Crippen molar-refractivity contribution in [3.05, 3.63) is 77.6 Å². The van der Waals surface area contributed by atoms with E-state index in [2.05, 4.69) is 32.0 Å². The van der Waals surface area contributed by atoms with E-state index >= 15 is 0 Å². The van der Waals surface area contributed by atoms with Gasteiger partial charge in [0.1, 0.15) is 23.5 Å².